The Labute approximate surface area is 92.0 Å². The number of carboxylic acids is 1. The highest BCUT2D eigenvalue weighted by Crippen LogP contribution is 2.29. The summed E-state index contributed by atoms with van der Waals surface area (Å²) < 4.78 is 13.6. The number of aliphatic carboxylic acids is 1. The zero-order chi connectivity index (χ0) is 11.8. The Morgan fingerprint density at radius 1 is 1.56 bits per heavy atom. The molecule has 0 bridgehead atoms. The molecule has 0 saturated heterocycles. The van der Waals surface area contributed by atoms with Crippen LogP contribution in [0.3, 0.4) is 0 Å². The summed E-state index contributed by atoms with van der Waals surface area (Å²) >= 11 is 0. The lowest BCUT2D eigenvalue weighted by Gasteiger charge is -2.22. The number of nitrogens with zero attached hydrogens (tertiary/aromatic N) is 2. The third-order valence-corrected chi connectivity index (χ3v) is 2.69. The number of carboxylic acid groups (broad SMARTS) is 1. The molecule has 5 heteroatoms. The predicted octanol–water partition coefficient (Wildman–Crippen LogP) is 1.08. The Morgan fingerprint density at radius 3 is 2.75 bits per heavy atom. The van der Waals surface area contributed by atoms with Gasteiger partial charge in [0, 0.05) is 18.8 Å². The van der Waals surface area contributed by atoms with Crippen LogP contribution in [0, 0.1) is 5.82 Å². The van der Waals surface area contributed by atoms with Crippen molar-refractivity contribution in [1.82, 2.24) is 5.01 Å². The van der Waals surface area contributed by atoms with Gasteiger partial charge in [0.2, 0.25) is 0 Å². The molecule has 1 N–H and O–H groups in total. The van der Waals surface area contributed by atoms with Crippen LogP contribution in [-0.4, -0.2) is 35.9 Å². The van der Waals surface area contributed by atoms with Crippen LogP contribution in [0.2, 0.25) is 0 Å². The van der Waals surface area contributed by atoms with Crippen molar-refractivity contribution in [1.29, 1.82) is 0 Å². The minimum absolute atomic E-state index is 0.142. The van der Waals surface area contributed by atoms with Crippen LogP contribution >= 0.6 is 0 Å². The van der Waals surface area contributed by atoms with Crippen molar-refractivity contribution in [2.45, 2.75) is 5.41 Å². The molecule has 0 aliphatic carbocycles. The Morgan fingerprint density at radius 2 is 2.25 bits per heavy atom. The number of hydrogen-bond acceptors (Lipinski definition) is 3. The average Bonchev–Trinajstić information content (AvgIpc) is 2.62. The highest BCUT2D eigenvalue weighted by atomic mass is 19.1. The molecule has 1 atom stereocenters. The maximum atomic E-state index is 13.6. The third kappa shape index (κ3) is 1.44. The largest absolute Gasteiger partial charge is 0.480 e. The summed E-state index contributed by atoms with van der Waals surface area (Å²) in [6.45, 7) is 0.142. The Balaban J connectivity index is 2.54. The fraction of sp³-hybridized carbons (Fsp3) is 0.273. The third-order valence-electron chi connectivity index (χ3n) is 2.69. The summed E-state index contributed by atoms with van der Waals surface area (Å²) in [6.07, 6.45) is 1.29. The zero-order valence-electron chi connectivity index (χ0n) is 8.72. The number of hydrazone groups is 1. The van der Waals surface area contributed by atoms with E-state index < -0.39 is 17.2 Å². The molecule has 1 aliphatic rings. The summed E-state index contributed by atoms with van der Waals surface area (Å²) in [5.74, 6) is -1.61. The molecule has 1 unspecified atom stereocenters. The lowest BCUT2D eigenvalue weighted by molar-refractivity contribution is -0.141. The molecule has 84 valence electrons. The molecule has 2 rings (SSSR count). The van der Waals surface area contributed by atoms with Crippen molar-refractivity contribution in [3.05, 3.63) is 35.6 Å². The second-order valence-corrected chi connectivity index (χ2v) is 3.82. The molecule has 0 amide bonds. The number of rotatable bonds is 2. The second kappa shape index (κ2) is 3.59. The molecule has 0 aromatic heterocycles. The predicted molar refractivity (Wildman–Crippen MR) is 56.8 cm³/mol. The van der Waals surface area contributed by atoms with Gasteiger partial charge in [-0.25, -0.2) is 4.39 Å². The lowest BCUT2D eigenvalue weighted by Crippen LogP contribution is -2.41. The number of hydrogen-bond donors (Lipinski definition) is 1. The fourth-order valence-corrected chi connectivity index (χ4v) is 1.86. The SMILES string of the molecule is CN1CC(C(=O)O)(c2ccccc2F)C=N1. The van der Waals surface area contributed by atoms with Crippen LogP contribution in [0.1, 0.15) is 5.56 Å². The first-order valence-electron chi connectivity index (χ1n) is 4.81. The highest BCUT2D eigenvalue weighted by molar-refractivity contribution is 6.02. The van der Waals surface area contributed by atoms with Gasteiger partial charge >= 0.3 is 5.97 Å². The van der Waals surface area contributed by atoms with Crippen molar-refractivity contribution in [2.75, 3.05) is 13.6 Å². The minimum Gasteiger partial charge on any atom is -0.480 e. The van der Waals surface area contributed by atoms with E-state index in [0.717, 1.165) is 0 Å². The van der Waals surface area contributed by atoms with Gasteiger partial charge in [-0.1, -0.05) is 18.2 Å². The molecule has 0 spiro atoms. The monoisotopic (exact) mass is 222 g/mol. The summed E-state index contributed by atoms with van der Waals surface area (Å²) in [7, 11) is 1.65. The van der Waals surface area contributed by atoms with E-state index in [-0.39, 0.29) is 12.1 Å². The first-order valence-corrected chi connectivity index (χ1v) is 4.81. The van der Waals surface area contributed by atoms with Gasteiger partial charge < -0.3 is 5.11 Å². The van der Waals surface area contributed by atoms with E-state index in [4.69, 9.17) is 0 Å². The first-order chi connectivity index (χ1) is 7.56. The van der Waals surface area contributed by atoms with Gasteiger partial charge in [-0.3, -0.25) is 9.80 Å². The first kappa shape index (κ1) is 10.6. The van der Waals surface area contributed by atoms with Gasteiger partial charge in [0.15, 0.2) is 5.41 Å². The molecular weight excluding hydrogens is 211 g/mol. The maximum Gasteiger partial charge on any atom is 0.321 e. The second-order valence-electron chi connectivity index (χ2n) is 3.82. The van der Waals surface area contributed by atoms with Gasteiger partial charge in [0.05, 0.1) is 6.54 Å². The number of benzene rings is 1. The van der Waals surface area contributed by atoms with Crippen molar-refractivity contribution >= 4 is 12.2 Å². The molecule has 0 fully saturated rings. The summed E-state index contributed by atoms with van der Waals surface area (Å²) in [5.41, 5.74) is -1.23. The summed E-state index contributed by atoms with van der Waals surface area (Å²) in [6, 6.07) is 5.89. The van der Waals surface area contributed by atoms with Crippen molar-refractivity contribution in [2.24, 2.45) is 5.10 Å². The number of likely N-dealkylation sites (N-methyl/N-ethyl adjacent to an activating group) is 1. The quantitative estimate of drug-likeness (QED) is 0.814. The molecule has 1 heterocycles. The van der Waals surface area contributed by atoms with Crippen molar-refractivity contribution in [3.8, 4) is 0 Å². The molecule has 16 heavy (non-hydrogen) atoms. The van der Waals surface area contributed by atoms with Gasteiger partial charge in [0.1, 0.15) is 5.82 Å². The maximum absolute atomic E-state index is 13.6. The van der Waals surface area contributed by atoms with Gasteiger partial charge in [-0.15, -0.1) is 0 Å². The smallest absolute Gasteiger partial charge is 0.321 e. The standard InChI is InChI=1S/C11H11FN2O2/c1-14-7-11(6-13-14,10(15)16)8-4-2-3-5-9(8)12/h2-6H,7H2,1H3,(H,15,16). The molecular formula is C11H11FN2O2. The van der Waals surface area contributed by atoms with Crippen LogP contribution in [0.5, 0.6) is 0 Å². The van der Waals surface area contributed by atoms with Crippen LogP contribution in [0.15, 0.2) is 29.4 Å². The molecule has 4 nitrogen and oxygen atoms in total. The van der Waals surface area contributed by atoms with E-state index in [1.807, 2.05) is 0 Å². The van der Waals surface area contributed by atoms with Gasteiger partial charge in [-0.05, 0) is 6.07 Å². The fourth-order valence-electron chi connectivity index (χ4n) is 1.86. The molecule has 1 aliphatic heterocycles. The summed E-state index contributed by atoms with van der Waals surface area (Å²) in [4.78, 5) is 11.3. The van der Waals surface area contributed by atoms with Crippen LogP contribution < -0.4 is 0 Å². The molecule has 0 radical (unpaired) electrons. The van der Waals surface area contributed by atoms with Crippen LogP contribution in [0.25, 0.3) is 0 Å². The summed E-state index contributed by atoms with van der Waals surface area (Å²) in [5, 5.41) is 14.7. The molecule has 1 aromatic carbocycles. The topological polar surface area (TPSA) is 52.9 Å². The average molecular weight is 222 g/mol. The molecule has 0 saturated carbocycles. The van der Waals surface area contributed by atoms with E-state index in [1.165, 1.54) is 29.4 Å². The zero-order valence-corrected chi connectivity index (χ0v) is 8.72. The van der Waals surface area contributed by atoms with E-state index in [0.29, 0.717) is 0 Å². The Kier molecular flexibility index (Phi) is 2.38. The van der Waals surface area contributed by atoms with E-state index in [1.54, 1.807) is 13.1 Å². The molecule has 1 aromatic rings. The Hall–Kier alpha value is -1.91. The Bertz CT molecular complexity index is 461. The van der Waals surface area contributed by atoms with Gasteiger partial charge in [-0.2, -0.15) is 5.10 Å². The van der Waals surface area contributed by atoms with E-state index in [2.05, 4.69) is 5.10 Å². The van der Waals surface area contributed by atoms with Crippen LogP contribution in [-0.2, 0) is 10.2 Å². The van der Waals surface area contributed by atoms with E-state index >= 15 is 0 Å². The van der Waals surface area contributed by atoms with Crippen LogP contribution in [0.4, 0.5) is 4.39 Å². The van der Waals surface area contributed by atoms with Crippen molar-refractivity contribution < 1.29 is 14.3 Å². The number of carbonyl (C=O) groups is 1. The lowest BCUT2D eigenvalue weighted by atomic mass is 9.82. The minimum atomic E-state index is -1.37. The highest BCUT2D eigenvalue weighted by Gasteiger charge is 2.45. The van der Waals surface area contributed by atoms with Gasteiger partial charge in [0.25, 0.3) is 0 Å². The van der Waals surface area contributed by atoms with Crippen molar-refractivity contribution in [3.63, 3.8) is 0 Å². The van der Waals surface area contributed by atoms with E-state index in [9.17, 15) is 14.3 Å². The number of halogens is 1. The normalized spacial score (nSPS) is 23.8.